The molecule has 3 rings (SSSR count). The second kappa shape index (κ2) is 6.35. The van der Waals surface area contributed by atoms with Gasteiger partial charge in [0.1, 0.15) is 12.4 Å². The number of amides is 1. The summed E-state index contributed by atoms with van der Waals surface area (Å²) in [6.45, 7) is -0.403. The first-order chi connectivity index (χ1) is 11.0. The fourth-order valence-electron chi connectivity index (χ4n) is 1.83. The standard InChI is InChI=1S/C14H9ClFN3O3S/c15-8-3-4-9(16)10(6-8)17-12(20)7-19-14(21)22-13(18-19)11-2-1-5-23-11/h1-6H,7H2,(H,17,20). The third-order valence-electron chi connectivity index (χ3n) is 2.83. The number of halogens is 2. The number of nitrogens with one attached hydrogen (secondary N) is 1. The predicted molar refractivity (Wildman–Crippen MR) is 84.1 cm³/mol. The lowest BCUT2D eigenvalue weighted by atomic mass is 10.3. The highest BCUT2D eigenvalue weighted by Crippen LogP contribution is 2.21. The van der Waals surface area contributed by atoms with Gasteiger partial charge in [-0.15, -0.1) is 16.4 Å². The molecule has 3 aromatic rings. The normalized spacial score (nSPS) is 10.7. The van der Waals surface area contributed by atoms with Crippen LogP contribution in [0.1, 0.15) is 0 Å². The van der Waals surface area contributed by atoms with E-state index in [2.05, 4.69) is 10.4 Å². The Morgan fingerprint density at radius 3 is 3.00 bits per heavy atom. The summed E-state index contributed by atoms with van der Waals surface area (Å²) >= 11 is 7.10. The molecular formula is C14H9ClFN3O3S. The molecular weight excluding hydrogens is 345 g/mol. The Labute approximate surface area is 138 Å². The monoisotopic (exact) mass is 353 g/mol. The van der Waals surface area contributed by atoms with Gasteiger partial charge in [-0.3, -0.25) is 4.79 Å². The van der Waals surface area contributed by atoms with Gasteiger partial charge in [0.2, 0.25) is 5.91 Å². The predicted octanol–water partition coefficient (Wildman–Crippen LogP) is 3.00. The molecule has 0 aliphatic rings. The maximum Gasteiger partial charge on any atom is 0.437 e. The number of anilines is 1. The van der Waals surface area contributed by atoms with Crippen LogP contribution in [0, 0.1) is 5.82 Å². The van der Waals surface area contributed by atoms with E-state index in [4.69, 9.17) is 16.0 Å². The highest BCUT2D eigenvalue weighted by atomic mass is 35.5. The van der Waals surface area contributed by atoms with E-state index in [1.54, 1.807) is 12.1 Å². The van der Waals surface area contributed by atoms with E-state index in [0.29, 0.717) is 4.88 Å². The van der Waals surface area contributed by atoms with Gasteiger partial charge in [-0.1, -0.05) is 17.7 Å². The molecule has 0 spiro atoms. The van der Waals surface area contributed by atoms with Crippen LogP contribution in [0.4, 0.5) is 10.1 Å². The highest BCUT2D eigenvalue weighted by Gasteiger charge is 2.15. The van der Waals surface area contributed by atoms with Crippen LogP contribution in [0.5, 0.6) is 0 Å². The largest absolute Gasteiger partial charge is 0.437 e. The Morgan fingerprint density at radius 1 is 1.43 bits per heavy atom. The van der Waals surface area contributed by atoms with Gasteiger partial charge in [0, 0.05) is 5.02 Å². The van der Waals surface area contributed by atoms with E-state index in [0.717, 1.165) is 10.7 Å². The summed E-state index contributed by atoms with van der Waals surface area (Å²) < 4.78 is 19.4. The summed E-state index contributed by atoms with van der Waals surface area (Å²) in [6.07, 6.45) is 0. The van der Waals surface area contributed by atoms with Crippen LogP contribution in [0.15, 0.2) is 44.9 Å². The summed E-state index contributed by atoms with van der Waals surface area (Å²) in [5.41, 5.74) is -0.0717. The SMILES string of the molecule is O=C(Cn1nc(-c2cccs2)oc1=O)Nc1cc(Cl)ccc1F. The molecule has 0 fully saturated rings. The highest BCUT2D eigenvalue weighted by molar-refractivity contribution is 7.13. The zero-order chi connectivity index (χ0) is 16.4. The van der Waals surface area contributed by atoms with Crippen LogP contribution in [-0.4, -0.2) is 15.7 Å². The Kier molecular flexibility index (Phi) is 4.26. The van der Waals surface area contributed by atoms with Crippen molar-refractivity contribution < 1.29 is 13.6 Å². The maximum atomic E-state index is 13.6. The van der Waals surface area contributed by atoms with Gasteiger partial charge >= 0.3 is 5.76 Å². The van der Waals surface area contributed by atoms with Crippen LogP contribution in [0.2, 0.25) is 5.02 Å². The zero-order valence-corrected chi connectivity index (χ0v) is 13.0. The van der Waals surface area contributed by atoms with Crippen LogP contribution < -0.4 is 11.1 Å². The van der Waals surface area contributed by atoms with Crippen molar-refractivity contribution in [3.05, 3.63) is 57.1 Å². The van der Waals surface area contributed by atoms with Crippen LogP contribution in [-0.2, 0) is 11.3 Å². The Hall–Kier alpha value is -2.45. The number of nitrogens with zero attached hydrogens (tertiary/aromatic N) is 2. The van der Waals surface area contributed by atoms with Gasteiger partial charge in [-0.05, 0) is 29.6 Å². The molecule has 1 aromatic carbocycles. The molecule has 118 valence electrons. The smallest absolute Gasteiger partial charge is 0.387 e. The molecule has 0 radical (unpaired) electrons. The first kappa shape index (κ1) is 15.4. The van der Waals surface area contributed by atoms with Crippen LogP contribution in [0.3, 0.4) is 0 Å². The summed E-state index contributed by atoms with van der Waals surface area (Å²) in [6, 6.07) is 7.30. The molecule has 0 bridgehead atoms. The van der Waals surface area contributed by atoms with Crippen molar-refractivity contribution in [3.8, 4) is 10.8 Å². The number of hydrogen-bond donors (Lipinski definition) is 1. The summed E-state index contributed by atoms with van der Waals surface area (Å²) in [7, 11) is 0. The summed E-state index contributed by atoms with van der Waals surface area (Å²) in [5, 5.41) is 8.36. The Bertz CT molecular complexity index is 904. The van der Waals surface area contributed by atoms with Crippen LogP contribution >= 0.6 is 22.9 Å². The van der Waals surface area contributed by atoms with Crippen LogP contribution in [0.25, 0.3) is 10.8 Å². The number of thiophene rings is 1. The molecule has 9 heteroatoms. The zero-order valence-electron chi connectivity index (χ0n) is 11.5. The van der Waals surface area contributed by atoms with Gasteiger partial charge in [-0.25, -0.2) is 9.18 Å². The first-order valence-electron chi connectivity index (χ1n) is 6.39. The van der Waals surface area contributed by atoms with Gasteiger partial charge in [0.05, 0.1) is 10.6 Å². The molecule has 2 aromatic heterocycles. The molecule has 0 aliphatic carbocycles. The van der Waals surface area contributed by atoms with Gasteiger partial charge in [0.25, 0.3) is 5.89 Å². The minimum atomic E-state index is -0.768. The van der Waals surface area contributed by atoms with Crippen molar-refractivity contribution in [2.75, 3.05) is 5.32 Å². The molecule has 1 N–H and O–H groups in total. The average molecular weight is 354 g/mol. The van der Waals surface area contributed by atoms with E-state index in [9.17, 15) is 14.0 Å². The molecule has 6 nitrogen and oxygen atoms in total. The molecule has 0 saturated heterocycles. The van der Waals surface area contributed by atoms with Crippen molar-refractivity contribution in [1.29, 1.82) is 0 Å². The quantitative estimate of drug-likeness (QED) is 0.782. The fourth-order valence-corrected chi connectivity index (χ4v) is 2.64. The van der Waals surface area contributed by atoms with E-state index in [1.165, 1.54) is 23.5 Å². The lowest BCUT2D eigenvalue weighted by Crippen LogP contribution is -2.26. The van der Waals surface area contributed by atoms with Gasteiger partial charge in [0.15, 0.2) is 0 Å². The van der Waals surface area contributed by atoms with E-state index < -0.39 is 24.0 Å². The van der Waals surface area contributed by atoms with Crippen molar-refractivity contribution >= 4 is 34.5 Å². The Morgan fingerprint density at radius 2 is 2.26 bits per heavy atom. The summed E-state index contributed by atoms with van der Waals surface area (Å²) in [5.74, 6) is -1.89. The first-order valence-corrected chi connectivity index (χ1v) is 7.65. The van der Waals surface area contributed by atoms with Crippen molar-refractivity contribution in [2.24, 2.45) is 0 Å². The van der Waals surface area contributed by atoms with Gasteiger partial charge in [-0.2, -0.15) is 4.68 Å². The molecule has 2 heterocycles. The Balaban J connectivity index is 1.76. The van der Waals surface area contributed by atoms with Crippen molar-refractivity contribution in [2.45, 2.75) is 6.54 Å². The molecule has 1 amide bonds. The second-order valence-corrected chi connectivity index (χ2v) is 5.86. The number of carbonyl (C=O) groups is 1. The van der Waals surface area contributed by atoms with E-state index >= 15 is 0 Å². The maximum absolute atomic E-state index is 13.6. The minimum Gasteiger partial charge on any atom is -0.387 e. The number of carbonyl (C=O) groups excluding carboxylic acids is 1. The molecule has 0 atom stereocenters. The average Bonchev–Trinajstić information content (AvgIpc) is 3.13. The van der Waals surface area contributed by atoms with Crippen molar-refractivity contribution in [3.63, 3.8) is 0 Å². The number of aromatic nitrogens is 2. The number of hydrogen-bond acceptors (Lipinski definition) is 5. The number of benzene rings is 1. The third kappa shape index (κ3) is 3.49. The molecule has 23 heavy (non-hydrogen) atoms. The lowest BCUT2D eigenvalue weighted by Gasteiger charge is -2.06. The van der Waals surface area contributed by atoms with Gasteiger partial charge < -0.3 is 9.73 Å². The molecule has 0 aliphatic heterocycles. The van der Waals surface area contributed by atoms with E-state index in [-0.39, 0.29) is 16.6 Å². The number of rotatable bonds is 4. The molecule has 0 unspecified atom stereocenters. The molecule has 0 saturated carbocycles. The van der Waals surface area contributed by atoms with E-state index in [1.807, 2.05) is 5.38 Å². The topological polar surface area (TPSA) is 77.1 Å². The lowest BCUT2D eigenvalue weighted by molar-refractivity contribution is -0.117. The minimum absolute atomic E-state index is 0.0717. The fraction of sp³-hybridized carbons (Fsp3) is 0.0714. The summed E-state index contributed by atoms with van der Waals surface area (Å²) in [4.78, 5) is 24.3. The second-order valence-electron chi connectivity index (χ2n) is 4.48. The van der Waals surface area contributed by atoms with Crippen molar-refractivity contribution in [1.82, 2.24) is 9.78 Å². The third-order valence-corrected chi connectivity index (χ3v) is 3.93.